The van der Waals surface area contributed by atoms with E-state index in [0.29, 0.717) is 5.69 Å². The Labute approximate surface area is 130 Å². The maximum Gasteiger partial charge on any atom is 0.217 e. The Hall–Kier alpha value is -3.01. The van der Waals surface area contributed by atoms with E-state index in [2.05, 4.69) is 20.4 Å². The van der Waals surface area contributed by atoms with Crippen LogP contribution in [0.25, 0.3) is 0 Å². The first-order valence-corrected chi connectivity index (χ1v) is 6.41. The van der Waals surface area contributed by atoms with Crippen LogP contribution in [0, 0.1) is 11.8 Å². The first-order chi connectivity index (χ1) is 11.1. The van der Waals surface area contributed by atoms with Crippen molar-refractivity contribution in [2.24, 2.45) is 16.8 Å². The van der Waals surface area contributed by atoms with Crippen LogP contribution in [0.2, 0.25) is 0 Å². The number of rotatable bonds is 6. The summed E-state index contributed by atoms with van der Waals surface area (Å²) >= 11 is 0. The molecule has 0 aliphatic carbocycles. The van der Waals surface area contributed by atoms with Gasteiger partial charge < -0.3 is 15.9 Å². The van der Waals surface area contributed by atoms with Crippen molar-refractivity contribution in [1.82, 2.24) is 9.97 Å². The lowest BCUT2D eigenvalue weighted by Crippen LogP contribution is -2.31. The molecule has 1 heterocycles. The molecule has 8 nitrogen and oxygen atoms in total. The number of hydrazine groups is 1. The van der Waals surface area contributed by atoms with Gasteiger partial charge in [-0.3, -0.25) is 5.01 Å². The van der Waals surface area contributed by atoms with Crippen LogP contribution >= 0.6 is 0 Å². The third kappa shape index (κ3) is 3.80. The van der Waals surface area contributed by atoms with Gasteiger partial charge >= 0.3 is 0 Å². The number of benzene rings is 1. The molecule has 0 radical (unpaired) electrons. The largest absolute Gasteiger partial charge is 0.494 e. The van der Waals surface area contributed by atoms with E-state index in [1.165, 1.54) is 13.2 Å². The van der Waals surface area contributed by atoms with Gasteiger partial charge in [0.15, 0.2) is 11.6 Å². The maximum absolute atomic E-state index is 14.5. The topological polar surface area (TPSA) is 115 Å². The molecule has 0 unspecified atom stereocenters. The highest BCUT2D eigenvalue weighted by molar-refractivity contribution is 5.79. The molecule has 0 saturated heterocycles. The van der Waals surface area contributed by atoms with Crippen LogP contribution in [0.4, 0.5) is 20.3 Å². The molecule has 10 heteroatoms. The van der Waals surface area contributed by atoms with Gasteiger partial charge in [0, 0.05) is 18.2 Å². The second-order valence-electron chi connectivity index (χ2n) is 4.33. The number of halogens is 2. The van der Waals surface area contributed by atoms with E-state index in [9.17, 15) is 8.78 Å². The summed E-state index contributed by atoms with van der Waals surface area (Å²) in [6, 6.07) is 4.04. The Bertz CT molecular complexity index is 711. The van der Waals surface area contributed by atoms with Gasteiger partial charge in [0.2, 0.25) is 5.95 Å². The first kappa shape index (κ1) is 16.4. The zero-order valence-corrected chi connectivity index (χ0v) is 12.2. The fourth-order valence-corrected chi connectivity index (χ4v) is 1.90. The van der Waals surface area contributed by atoms with Gasteiger partial charge in [-0.05, 0) is 12.1 Å². The first-order valence-electron chi connectivity index (χ1n) is 6.41. The number of hydrogen-bond donors (Lipinski definition) is 3. The number of nitrogens with one attached hydrogen (secondary N) is 1. The second kappa shape index (κ2) is 7.31. The zero-order chi connectivity index (χ0) is 16.8. The van der Waals surface area contributed by atoms with Gasteiger partial charge in [-0.1, -0.05) is 0 Å². The number of nitrogens with two attached hydrogens (primary N) is 2. The zero-order valence-electron chi connectivity index (χ0n) is 12.2. The highest BCUT2D eigenvalue weighted by atomic mass is 19.1. The predicted octanol–water partition coefficient (Wildman–Crippen LogP) is 0.958. The lowest BCUT2D eigenvalue weighted by atomic mass is 10.1. The van der Waals surface area contributed by atoms with E-state index in [1.807, 2.05) is 0 Å². The van der Waals surface area contributed by atoms with Gasteiger partial charge in [0.25, 0.3) is 0 Å². The normalized spacial score (nSPS) is 10.8. The molecule has 0 aliphatic rings. The fourth-order valence-electron chi connectivity index (χ4n) is 1.90. The number of methoxy groups -OCH3 is 1. The quantitative estimate of drug-likeness (QED) is 0.238. The summed E-state index contributed by atoms with van der Waals surface area (Å²) in [6.07, 6.45) is 2.17. The van der Waals surface area contributed by atoms with Gasteiger partial charge in [-0.2, -0.15) is 9.49 Å². The van der Waals surface area contributed by atoms with Crippen molar-refractivity contribution < 1.29 is 13.5 Å². The van der Waals surface area contributed by atoms with Crippen LogP contribution in [-0.4, -0.2) is 23.4 Å². The van der Waals surface area contributed by atoms with Crippen molar-refractivity contribution in [2.45, 2.75) is 6.54 Å². The number of aromatic nitrogens is 2. The summed E-state index contributed by atoms with van der Waals surface area (Å²) in [5.41, 5.74) is 0.477. The highest BCUT2D eigenvalue weighted by Crippen LogP contribution is 2.29. The summed E-state index contributed by atoms with van der Waals surface area (Å²) in [4.78, 5) is 7.17. The minimum absolute atomic E-state index is 0.0269. The fraction of sp³-hybridized carbons (Fsp3) is 0.154. The van der Waals surface area contributed by atoms with Crippen LogP contribution in [0.15, 0.2) is 29.6 Å². The molecule has 122 valence electrons. The summed E-state index contributed by atoms with van der Waals surface area (Å²) in [5.74, 6) is 9.70. The Balaban J connectivity index is 2.33. The van der Waals surface area contributed by atoms with Gasteiger partial charge in [-0.15, -0.1) is 0 Å². The van der Waals surface area contributed by atoms with Crippen molar-refractivity contribution in [3.63, 3.8) is 0 Å². The third-order valence-electron chi connectivity index (χ3n) is 2.95. The molecule has 2 rings (SSSR count). The van der Waals surface area contributed by atoms with Crippen molar-refractivity contribution in [3.05, 3.63) is 41.9 Å². The van der Waals surface area contributed by atoms with Crippen molar-refractivity contribution in [1.29, 1.82) is 0 Å². The molecule has 0 aliphatic heterocycles. The maximum atomic E-state index is 14.5. The van der Waals surface area contributed by atoms with Crippen LogP contribution in [0.1, 0.15) is 5.56 Å². The van der Waals surface area contributed by atoms with Crippen molar-refractivity contribution >= 4 is 17.8 Å². The summed E-state index contributed by atoms with van der Waals surface area (Å²) in [7, 11) is 1.34. The lowest BCUT2D eigenvalue weighted by Gasteiger charge is -2.19. The molecule has 0 spiro atoms. The van der Waals surface area contributed by atoms with Crippen LogP contribution in [0.3, 0.4) is 0 Å². The molecule has 0 bridgehead atoms. The summed E-state index contributed by atoms with van der Waals surface area (Å²) in [6.45, 7) is -0.0269. The minimum Gasteiger partial charge on any atom is -0.494 e. The predicted molar refractivity (Wildman–Crippen MR) is 81.6 cm³/mol. The van der Waals surface area contributed by atoms with Crippen molar-refractivity contribution in [2.75, 3.05) is 17.4 Å². The summed E-state index contributed by atoms with van der Waals surface area (Å²) < 4.78 is 32.5. The minimum atomic E-state index is -0.704. The summed E-state index contributed by atoms with van der Waals surface area (Å²) in [5, 5.41) is 7.13. The molecule has 0 fully saturated rings. The molecule has 0 atom stereocenters. The van der Waals surface area contributed by atoms with Gasteiger partial charge in [0.05, 0.1) is 12.8 Å². The van der Waals surface area contributed by atoms with Crippen LogP contribution in [-0.2, 0) is 6.54 Å². The third-order valence-corrected chi connectivity index (χ3v) is 2.95. The molecule has 1 aromatic heterocycles. The van der Waals surface area contributed by atoms with Gasteiger partial charge in [0.1, 0.15) is 18.5 Å². The SMILES string of the molecule is COc1ccc(N(N)/C=N\N)c(CNc2cc(F)ncn2)c1F. The molecule has 2 aromatic rings. The molecule has 23 heavy (non-hydrogen) atoms. The second-order valence-corrected chi connectivity index (χ2v) is 4.33. The molecule has 5 N–H and O–H groups in total. The van der Waals surface area contributed by atoms with Crippen LogP contribution in [0.5, 0.6) is 5.75 Å². The van der Waals surface area contributed by atoms with E-state index < -0.39 is 11.8 Å². The van der Waals surface area contributed by atoms with E-state index in [1.54, 1.807) is 6.07 Å². The smallest absolute Gasteiger partial charge is 0.217 e. The average Bonchev–Trinajstić information content (AvgIpc) is 2.53. The Morgan fingerprint density at radius 1 is 1.39 bits per heavy atom. The number of ether oxygens (including phenoxy) is 1. The van der Waals surface area contributed by atoms with E-state index in [-0.39, 0.29) is 23.7 Å². The highest BCUT2D eigenvalue weighted by Gasteiger charge is 2.17. The van der Waals surface area contributed by atoms with Crippen LogP contribution < -0.4 is 26.7 Å². The number of hydrazone groups is 1. The van der Waals surface area contributed by atoms with E-state index in [4.69, 9.17) is 16.4 Å². The average molecular weight is 323 g/mol. The molecule has 0 amide bonds. The van der Waals surface area contributed by atoms with Crippen molar-refractivity contribution in [3.8, 4) is 5.75 Å². The molecule has 1 aromatic carbocycles. The Morgan fingerprint density at radius 2 is 2.17 bits per heavy atom. The van der Waals surface area contributed by atoms with E-state index >= 15 is 0 Å². The number of hydrogen-bond acceptors (Lipinski definition) is 7. The molecular formula is C13H15F2N7O. The number of anilines is 2. The van der Waals surface area contributed by atoms with E-state index in [0.717, 1.165) is 23.7 Å². The van der Waals surface area contributed by atoms with Gasteiger partial charge in [-0.25, -0.2) is 20.2 Å². The Morgan fingerprint density at radius 3 is 2.83 bits per heavy atom. The molecule has 0 saturated carbocycles. The molecular weight excluding hydrogens is 308 g/mol. The Kier molecular flexibility index (Phi) is 5.20. The standard InChI is InChI=1S/C13H15F2N7O/c1-23-10-3-2-9(22(17)7-21-16)8(13(10)15)5-18-12-4-11(14)19-6-20-12/h2-4,6-7H,5,16-17H2,1H3,(H,18,19,20)/b21-7-. The lowest BCUT2D eigenvalue weighted by molar-refractivity contribution is 0.384. The number of nitrogens with zero attached hydrogens (tertiary/aromatic N) is 4. The monoisotopic (exact) mass is 323 g/mol.